The molecule has 1 aromatic rings. The van der Waals surface area contributed by atoms with Crippen LogP contribution in [-0.4, -0.2) is 12.6 Å². The highest BCUT2D eigenvalue weighted by atomic mass is 16.5. The first-order valence-corrected chi connectivity index (χ1v) is 6.05. The number of rotatable bonds is 6. The minimum Gasteiger partial charge on any atom is -0.461 e. The maximum Gasteiger partial charge on any atom is 0.308 e. The molecule has 2 nitrogen and oxygen atoms in total. The Labute approximate surface area is 103 Å². The second-order valence-electron chi connectivity index (χ2n) is 4.27. The van der Waals surface area contributed by atoms with Crippen LogP contribution in [-0.2, 0) is 9.53 Å². The SMILES string of the molecule is C=C(COC(=O)C(C)CCC)c1ccccc1. The predicted molar refractivity (Wildman–Crippen MR) is 70.5 cm³/mol. The lowest BCUT2D eigenvalue weighted by Crippen LogP contribution is -2.15. The molecule has 92 valence electrons. The van der Waals surface area contributed by atoms with Gasteiger partial charge in [0, 0.05) is 0 Å². The van der Waals surface area contributed by atoms with E-state index in [4.69, 9.17) is 4.74 Å². The molecule has 0 saturated heterocycles. The summed E-state index contributed by atoms with van der Waals surface area (Å²) in [5.41, 5.74) is 1.85. The molecule has 0 fully saturated rings. The van der Waals surface area contributed by atoms with E-state index in [9.17, 15) is 4.79 Å². The molecule has 0 heterocycles. The van der Waals surface area contributed by atoms with E-state index >= 15 is 0 Å². The third-order valence-electron chi connectivity index (χ3n) is 2.69. The molecule has 0 amide bonds. The molecule has 0 aliphatic carbocycles. The van der Waals surface area contributed by atoms with Crippen LogP contribution < -0.4 is 0 Å². The summed E-state index contributed by atoms with van der Waals surface area (Å²) in [7, 11) is 0. The van der Waals surface area contributed by atoms with Gasteiger partial charge in [-0.25, -0.2) is 0 Å². The fraction of sp³-hybridized carbons (Fsp3) is 0.400. The van der Waals surface area contributed by atoms with Gasteiger partial charge < -0.3 is 4.74 Å². The van der Waals surface area contributed by atoms with Crippen LogP contribution in [0.25, 0.3) is 5.57 Å². The Balaban J connectivity index is 2.41. The van der Waals surface area contributed by atoms with E-state index in [1.807, 2.05) is 37.3 Å². The molecule has 0 aliphatic rings. The van der Waals surface area contributed by atoms with Crippen LogP contribution in [0, 0.1) is 5.92 Å². The molecule has 0 aliphatic heterocycles. The Bertz CT molecular complexity index is 368. The predicted octanol–water partition coefficient (Wildman–Crippen LogP) is 3.68. The molecule has 0 bridgehead atoms. The van der Waals surface area contributed by atoms with E-state index in [2.05, 4.69) is 13.5 Å². The highest BCUT2D eigenvalue weighted by Crippen LogP contribution is 2.13. The van der Waals surface area contributed by atoms with Crippen molar-refractivity contribution < 1.29 is 9.53 Å². The molecular weight excluding hydrogens is 212 g/mol. The van der Waals surface area contributed by atoms with Gasteiger partial charge in [0.2, 0.25) is 0 Å². The van der Waals surface area contributed by atoms with Crippen molar-refractivity contribution in [3.63, 3.8) is 0 Å². The van der Waals surface area contributed by atoms with E-state index in [0.717, 1.165) is 24.0 Å². The van der Waals surface area contributed by atoms with Gasteiger partial charge in [0.15, 0.2) is 0 Å². The number of carbonyl (C=O) groups is 1. The molecular formula is C15H20O2. The summed E-state index contributed by atoms with van der Waals surface area (Å²) in [4.78, 5) is 11.6. The van der Waals surface area contributed by atoms with E-state index in [1.165, 1.54) is 0 Å². The molecule has 0 saturated carbocycles. The van der Waals surface area contributed by atoms with E-state index in [0.29, 0.717) is 0 Å². The first-order chi connectivity index (χ1) is 8.15. The normalized spacial score (nSPS) is 11.9. The van der Waals surface area contributed by atoms with Gasteiger partial charge in [0.25, 0.3) is 0 Å². The van der Waals surface area contributed by atoms with Gasteiger partial charge in [-0.05, 0) is 17.6 Å². The van der Waals surface area contributed by atoms with Crippen LogP contribution in [0.1, 0.15) is 32.3 Å². The molecule has 0 aromatic heterocycles. The van der Waals surface area contributed by atoms with Crippen LogP contribution in [0.15, 0.2) is 36.9 Å². The van der Waals surface area contributed by atoms with Crippen LogP contribution in [0.4, 0.5) is 0 Å². The lowest BCUT2D eigenvalue weighted by Gasteiger charge is -2.11. The van der Waals surface area contributed by atoms with E-state index < -0.39 is 0 Å². The highest BCUT2D eigenvalue weighted by molar-refractivity contribution is 5.74. The first-order valence-electron chi connectivity index (χ1n) is 6.05. The molecule has 1 unspecified atom stereocenters. The second-order valence-corrected chi connectivity index (χ2v) is 4.27. The van der Waals surface area contributed by atoms with Crippen molar-refractivity contribution in [3.8, 4) is 0 Å². The molecule has 17 heavy (non-hydrogen) atoms. The van der Waals surface area contributed by atoms with Gasteiger partial charge in [-0.1, -0.05) is 57.2 Å². The number of benzene rings is 1. The number of esters is 1. The van der Waals surface area contributed by atoms with Crippen molar-refractivity contribution in [2.75, 3.05) is 6.61 Å². The fourth-order valence-corrected chi connectivity index (χ4v) is 1.61. The lowest BCUT2D eigenvalue weighted by molar-refractivity contribution is -0.146. The number of hydrogen-bond acceptors (Lipinski definition) is 2. The largest absolute Gasteiger partial charge is 0.461 e. The minimum atomic E-state index is -0.135. The number of ether oxygens (including phenoxy) is 1. The summed E-state index contributed by atoms with van der Waals surface area (Å²) in [6, 6.07) is 9.77. The summed E-state index contributed by atoms with van der Waals surface area (Å²) in [6.45, 7) is 8.16. The third-order valence-corrected chi connectivity index (χ3v) is 2.69. The molecule has 1 atom stereocenters. The Kier molecular flexibility index (Phi) is 5.47. The summed E-state index contributed by atoms with van der Waals surface area (Å²) >= 11 is 0. The summed E-state index contributed by atoms with van der Waals surface area (Å²) in [5, 5.41) is 0. The van der Waals surface area contributed by atoms with Crippen LogP contribution in [0.2, 0.25) is 0 Å². The molecule has 0 radical (unpaired) electrons. The molecule has 0 N–H and O–H groups in total. The topological polar surface area (TPSA) is 26.3 Å². The van der Waals surface area contributed by atoms with Crippen molar-refractivity contribution in [2.24, 2.45) is 5.92 Å². The highest BCUT2D eigenvalue weighted by Gasteiger charge is 2.13. The smallest absolute Gasteiger partial charge is 0.308 e. The van der Waals surface area contributed by atoms with Gasteiger partial charge in [-0.15, -0.1) is 0 Å². The Morgan fingerprint density at radius 2 is 2.00 bits per heavy atom. The summed E-state index contributed by atoms with van der Waals surface area (Å²) in [6.07, 6.45) is 1.87. The third kappa shape index (κ3) is 4.43. The molecule has 1 rings (SSSR count). The maximum atomic E-state index is 11.6. The van der Waals surface area contributed by atoms with E-state index in [-0.39, 0.29) is 18.5 Å². The van der Waals surface area contributed by atoms with Crippen LogP contribution >= 0.6 is 0 Å². The zero-order chi connectivity index (χ0) is 12.7. The molecule has 0 spiro atoms. The van der Waals surface area contributed by atoms with Gasteiger partial charge >= 0.3 is 5.97 Å². The number of hydrogen-bond donors (Lipinski definition) is 0. The monoisotopic (exact) mass is 232 g/mol. The minimum absolute atomic E-state index is 0.0245. The van der Waals surface area contributed by atoms with Gasteiger partial charge in [0.05, 0.1) is 5.92 Å². The van der Waals surface area contributed by atoms with Crippen molar-refractivity contribution in [1.82, 2.24) is 0 Å². The second kappa shape index (κ2) is 6.89. The average molecular weight is 232 g/mol. The fourth-order valence-electron chi connectivity index (χ4n) is 1.61. The zero-order valence-electron chi connectivity index (χ0n) is 10.6. The maximum absolute atomic E-state index is 11.6. The standard InChI is InChI=1S/C15H20O2/c1-4-8-12(2)15(16)17-11-13(3)14-9-6-5-7-10-14/h5-7,9-10,12H,3-4,8,11H2,1-2H3. The quantitative estimate of drug-likeness (QED) is 0.699. The average Bonchev–Trinajstić information content (AvgIpc) is 2.36. The first kappa shape index (κ1) is 13.5. The van der Waals surface area contributed by atoms with Crippen molar-refractivity contribution in [3.05, 3.63) is 42.5 Å². The Morgan fingerprint density at radius 1 is 1.35 bits per heavy atom. The van der Waals surface area contributed by atoms with Crippen LogP contribution in [0.3, 0.4) is 0 Å². The van der Waals surface area contributed by atoms with Crippen LogP contribution in [0.5, 0.6) is 0 Å². The molecule has 2 heteroatoms. The van der Waals surface area contributed by atoms with Gasteiger partial charge in [0.1, 0.15) is 6.61 Å². The summed E-state index contributed by atoms with van der Waals surface area (Å²) < 4.78 is 5.23. The van der Waals surface area contributed by atoms with Crippen molar-refractivity contribution in [2.45, 2.75) is 26.7 Å². The van der Waals surface area contributed by atoms with E-state index in [1.54, 1.807) is 0 Å². The van der Waals surface area contributed by atoms with Gasteiger partial charge in [-0.2, -0.15) is 0 Å². The Morgan fingerprint density at radius 3 is 2.59 bits per heavy atom. The summed E-state index contributed by atoms with van der Waals surface area (Å²) in [5.74, 6) is -0.160. The molecule has 1 aromatic carbocycles. The zero-order valence-corrected chi connectivity index (χ0v) is 10.6. The van der Waals surface area contributed by atoms with Crippen molar-refractivity contribution >= 4 is 11.5 Å². The Hall–Kier alpha value is -1.57. The number of carbonyl (C=O) groups excluding carboxylic acids is 1. The van der Waals surface area contributed by atoms with Gasteiger partial charge in [-0.3, -0.25) is 4.79 Å². The van der Waals surface area contributed by atoms with Crippen molar-refractivity contribution in [1.29, 1.82) is 0 Å². The lowest BCUT2D eigenvalue weighted by atomic mass is 10.1.